The molecule has 0 fully saturated rings. The second kappa shape index (κ2) is 7.09. The largest absolute Gasteiger partial charge is 0.383 e. The van der Waals surface area contributed by atoms with Crippen molar-refractivity contribution in [3.05, 3.63) is 51.1 Å². The molecule has 5 nitrogen and oxygen atoms in total. The van der Waals surface area contributed by atoms with Crippen molar-refractivity contribution < 1.29 is 4.74 Å². The molecule has 0 amide bonds. The number of halogens is 2. The first-order valence-corrected chi connectivity index (χ1v) is 10.2. The zero-order valence-electron chi connectivity index (χ0n) is 14.9. The number of aromatic nitrogens is 3. The monoisotopic (exact) mass is 420 g/mol. The number of anilines is 1. The summed E-state index contributed by atoms with van der Waals surface area (Å²) in [4.78, 5) is 13.8. The summed E-state index contributed by atoms with van der Waals surface area (Å²) in [5.41, 5.74) is 9.44. The number of hydrogen-bond donors (Lipinski definition) is 1. The van der Waals surface area contributed by atoms with Crippen molar-refractivity contribution in [3.8, 4) is 0 Å². The summed E-state index contributed by atoms with van der Waals surface area (Å²) in [5, 5.41) is 2.54. The van der Waals surface area contributed by atoms with E-state index in [0.29, 0.717) is 39.0 Å². The number of benzene rings is 1. The molecular formula is C19H18Cl2N4OS. The summed E-state index contributed by atoms with van der Waals surface area (Å²) in [5.74, 6) is 0.961. The lowest BCUT2D eigenvalue weighted by atomic mass is 9.95. The van der Waals surface area contributed by atoms with Crippen molar-refractivity contribution in [2.75, 3.05) is 5.73 Å². The Morgan fingerprint density at radius 1 is 1.19 bits per heavy atom. The molecule has 1 aliphatic heterocycles. The fourth-order valence-electron chi connectivity index (χ4n) is 3.01. The van der Waals surface area contributed by atoms with Gasteiger partial charge in [0.2, 0.25) is 0 Å². The average molecular weight is 421 g/mol. The number of nitrogen functional groups attached to an aromatic ring is 1. The topological polar surface area (TPSA) is 73.9 Å². The summed E-state index contributed by atoms with van der Waals surface area (Å²) < 4.78 is 5.86. The molecule has 0 saturated carbocycles. The van der Waals surface area contributed by atoms with Crippen LogP contribution >= 0.6 is 35.0 Å². The third kappa shape index (κ3) is 3.85. The van der Waals surface area contributed by atoms with Crippen LogP contribution in [0.4, 0.5) is 5.82 Å². The van der Waals surface area contributed by atoms with Gasteiger partial charge in [-0.05, 0) is 37.6 Å². The highest BCUT2D eigenvalue weighted by molar-refractivity contribution is 7.98. The summed E-state index contributed by atoms with van der Waals surface area (Å²) in [6.07, 6.45) is 0.736. The fraction of sp³-hybridized carbons (Fsp3) is 0.316. The van der Waals surface area contributed by atoms with Crippen molar-refractivity contribution in [2.24, 2.45) is 0 Å². The molecule has 0 saturated heterocycles. The summed E-state index contributed by atoms with van der Waals surface area (Å²) >= 11 is 13.9. The summed E-state index contributed by atoms with van der Waals surface area (Å²) in [7, 11) is 0. The summed E-state index contributed by atoms with van der Waals surface area (Å²) in [6, 6.07) is 7.44. The SMILES string of the molecule is CC1(C)Cc2nc3nc(SCc4c(Cl)cccc4Cl)nc(N)c3cc2CO1. The maximum absolute atomic E-state index is 6.24. The number of rotatable bonds is 3. The predicted octanol–water partition coefficient (Wildman–Crippen LogP) is 5.06. The van der Waals surface area contributed by atoms with E-state index in [-0.39, 0.29) is 5.60 Å². The molecular weight excluding hydrogens is 403 g/mol. The first kappa shape index (κ1) is 18.7. The zero-order valence-corrected chi connectivity index (χ0v) is 17.3. The Morgan fingerprint density at radius 2 is 1.93 bits per heavy atom. The van der Waals surface area contributed by atoms with Crippen LogP contribution in [0, 0.1) is 0 Å². The second-order valence-corrected chi connectivity index (χ2v) is 8.83. The highest BCUT2D eigenvalue weighted by Gasteiger charge is 2.28. The average Bonchev–Trinajstić information content (AvgIpc) is 2.59. The minimum atomic E-state index is -0.232. The molecule has 2 N–H and O–H groups in total. The number of thioether (sulfide) groups is 1. The van der Waals surface area contributed by atoms with E-state index in [1.54, 1.807) is 0 Å². The number of ether oxygens (including phenoxy) is 1. The van der Waals surface area contributed by atoms with E-state index < -0.39 is 0 Å². The number of pyridine rings is 1. The van der Waals surface area contributed by atoms with Crippen molar-refractivity contribution >= 4 is 51.8 Å². The van der Waals surface area contributed by atoms with Gasteiger partial charge in [-0.15, -0.1) is 0 Å². The third-order valence-corrected chi connectivity index (χ3v) is 6.07. The van der Waals surface area contributed by atoms with Gasteiger partial charge in [0, 0.05) is 27.8 Å². The van der Waals surface area contributed by atoms with Crippen LogP contribution < -0.4 is 5.73 Å². The molecule has 8 heteroatoms. The zero-order chi connectivity index (χ0) is 19.2. The van der Waals surface area contributed by atoms with Crippen LogP contribution in [0.25, 0.3) is 11.0 Å². The normalized spacial score (nSPS) is 15.7. The van der Waals surface area contributed by atoms with E-state index in [4.69, 9.17) is 38.7 Å². The van der Waals surface area contributed by atoms with Crippen LogP contribution in [0.15, 0.2) is 29.4 Å². The lowest BCUT2D eigenvalue weighted by molar-refractivity contribution is -0.0411. The molecule has 0 unspecified atom stereocenters. The van der Waals surface area contributed by atoms with Crippen molar-refractivity contribution in [1.82, 2.24) is 15.0 Å². The second-order valence-electron chi connectivity index (χ2n) is 7.07. The molecule has 1 aliphatic rings. The minimum absolute atomic E-state index is 0.232. The first-order chi connectivity index (χ1) is 12.8. The van der Waals surface area contributed by atoms with Gasteiger partial charge in [-0.25, -0.2) is 15.0 Å². The molecule has 0 aliphatic carbocycles. The molecule has 27 heavy (non-hydrogen) atoms. The predicted molar refractivity (Wildman–Crippen MR) is 110 cm³/mol. The standard InChI is InChI=1S/C19H18Cl2N4OS/c1-19(2)7-15-10(8-26-19)6-11-16(22)24-18(25-17(11)23-15)27-9-12-13(20)4-3-5-14(12)21/h3-6H,7-9H2,1-2H3,(H2,22,23,24,25). The number of hydrogen-bond acceptors (Lipinski definition) is 6. The molecule has 0 atom stereocenters. The van der Waals surface area contributed by atoms with Gasteiger partial charge in [-0.3, -0.25) is 0 Å². The quantitative estimate of drug-likeness (QED) is 0.471. The lowest BCUT2D eigenvalue weighted by Gasteiger charge is -2.31. The number of nitrogens with two attached hydrogens (primary N) is 1. The maximum atomic E-state index is 6.24. The Morgan fingerprint density at radius 3 is 2.67 bits per heavy atom. The van der Waals surface area contributed by atoms with Gasteiger partial charge < -0.3 is 10.5 Å². The number of nitrogens with zero attached hydrogens (tertiary/aromatic N) is 3. The van der Waals surface area contributed by atoms with Crippen molar-refractivity contribution in [3.63, 3.8) is 0 Å². The Hall–Kier alpha value is -1.60. The van der Waals surface area contributed by atoms with E-state index in [1.165, 1.54) is 11.8 Å². The van der Waals surface area contributed by atoms with E-state index >= 15 is 0 Å². The molecule has 0 radical (unpaired) electrons. The van der Waals surface area contributed by atoms with E-state index in [0.717, 1.165) is 28.6 Å². The molecule has 1 aromatic carbocycles. The Labute approximate surface area is 171 Å². The first-order valence-electron chi connectivity index (χ1n) is 8.48. The van der Waals surface area contributed by atoms with Crippen molar-refractivity contribution in [2.45, 2.75) is 43.4 Å². The molecule has 0 bridgehead atoms. The van der Waals surface area contributed by atoms with Gasteiger partial charge in [0.25, 0.3) is 0 Å². The number of fused-ring (bicyclic) bond motifs is 2. The Bertz CT molecular complexity index is 1020. The van der Waals surface area contributed by atoms with E-state index in [9.17, 15) is 0 Å². The van der Waals surface area contributed by atoms with Crippen LogP contribution in [-0.2, 0) is 23.5 Å². The fourth-order valence-corrected chi connectivity index (χ4v) is 4.60. The van der Waals surface area contributed by atoms with Crippen molar-refractivity contribution in [1.29, 1.82) is 0 Å². The van der Waals surface area contributed by atoms with Crippen LogP contribution in [0.3, 0.4) is 0 Å². The van der Waals surface area contributed by atoms with Gasteiger partial charge in [0.05, 0.1) is 23.3 Å². The minimum Gasteiger partial charge on any atom is -0.383 e. The molecule has 2 aromatic heterocycles. The molecule has 0 spiro atoms. The molecule has 3 aromatic rings. The van der Waals surface area contributed by atoms with Gasteiger partial charge in [-0.1, -0.05) is 41.0 Å². The van der Waals surface area contributed by atoms with Gasteiger partial charge >= 0.3 is 0 Å². The van der Waals surface area contributed by atoms with Gasteiger partial charge in [-0.2, -0.15) is 0 Å². The highest BCUT2D eigenvalue weighted by atomic mass is 35.5. The van der Waals surface area contributed by atoms with Crippen LogP contribution in [0.1, 0.15) is 30.7 Å². The third-order valence-electron chi connectivity index (χ3n) is 4.48. The molecule has 3 heterocycles. The lowest BCUT2D eigenvalue weighted by Crippen LogP contribution is -2.32. The Balaban J connectivity index is 1.67. The van der Waals surface area contributed by atoms with Crippen LogP contribution in [0.2, 0.25) is 10.0 Å². The van der Waals surface area contributed by atoms with E-state index in [2.05, 4.69) is 23.8 Å². The Kier molecular flexibility index (Phi) is 4.93. The smallest absolute Gasteiger partial charge is 0.191 e. The van der Waals surface area contributed by atoms with E-state index in [1.807, 2.05) is 24.3 Å². The van der Waals surface area contributed by atoms with Gasteiger partial charge in [0.15, 0.2) is 10.8 Å². The van der Waals surface area contributed by atoms with Crippen LogP contribution in [-0.4, -0.2) is 20.6 Å². The van der Waals surface area contributed by atoms with Gasteiger partial charge in [0.1, 0.15) is 5.82 Å². The molecule has 140 valence electrons. The van der Waals surface area contributed by atoms with Crippen LogP contribution in [0.5, 0.6) is 0 Å². The summed E-state index contributed by atoms with van der Waals surface area (Å²) in [6.45, 7) is 4.64. The molecule has 4 rings (SSSR count). The highest BCUT2D eigenvalue weighted by Crippen LogP contribution is 2.33. The maximum Gasteiger partial charge on any atom is 0.191 e.